The maximum atomic E-state index is 12.1. The number of rotatable bonds is 4. The standard InChI is InChI=1S/C13H9Cl3N2O3S/c14-10-4-2-1-3-9(10)13(19)17-18-22(20,21)8-5-6-11(15)12(16)7-8/h1-7,18H,(H,17,19). The van der Waals surface area contributed by atoms with Crippen LogP contribution in [0, 0.1) is 0 Å². The third-order valence-corrected chi connectivity index (χ3v) is 4.93. The second-order valence-electron chi connectivity index (χ2n) is 4.12. The van der Waals surface area contributed by atoms with E-state index in [4.69, 9.17) is 34.8 Å². The number of halogens is 3. The maximum Gasteiger partial charge on any atom is 0.267 e. The van der Waals surface area contributed by atoms with Crippen LogP contribution in [0.5, 0.6) is 0 Å². The summed E-state index contributed by atoms with van der Waals surface area (Å²) in [7, 11) is -3.98. The van der Waals surface area contributed by atoms with Crippen LogP contribution in [-0.4, -0.2) is 14.3 Å². The average molecular weight is 380 g/mol. The van der Waals surface area contributed by atoms with Gasteiger partial charge in [-0.05, 0) is 30.3 Å². The van der Waals surface area contributed by atoms with Crippen LogP contribution in [0.15, 0.2) is 47.4 Å². The van der Waals surface area contributed by atoms with Crippen molar-refractivity contribution in [3.8, 4) is 0 Å². The van der Waals surface area contributed by atoms with Crippen LogP contribution in [0.1, 0.15) is 10.4 Å². The molecule has 0 saturated carbocycles. The van der Waals surface area contributed by atoms with Crippen molar-refractivity contribution in [2.24, 2.45) is 0 Å². The summed E-state index contributed by atoms with van der Waals surface area (Å²) in [5.74, 6) is -0.686. The highest BCUT2D eigenvalue weighted by Crippen LogP contribution is 2.24. The van der Waals surface area contributed by atoms with Crippen molar-refractivity contribution in [3.63, 3.8) is 0 Å². The Hall–Kier alpha value is -1.31. The number of carbonyl (C=O) groups excluding carboxylic acids is 1. The Bertz CT molecular complexity index is 825. The van der Waals surface area contributed by atoms with Gasteiger partial charge in [0.1, 0.15) is 0 Å². The van der Waals surface area contributed by atoms with Crippen molar-refractivity contribution in [2.75, 3.05) is 0 Å². The molecular weight excluding hydrogens is 371 g/mol. The fraction of sp³-hybridized carbons (Fsp3) is 0. The van der Waals surface area contributed by atoms with E-state index in [0.717, 1.165) is 0 Å². The summed E-state index contributed by atoms with van der Waals surface area (Å²) in [6, 6.07) is 10.0. The number of nitrogens with one attached hydrogen (secondary N) is 2. The van der Waals surface area contributed by atoms with Gasteiger partial charge in [-0.25, -0.2) is 8.42 Å². The molecule has 0 atom stereocenters. The molecular formula is C13H9Cl3N2O3S. The highest BCUT2D eigenvalue weighted by atomic mass is 35.5. The molecule has 2 aromatic rings. The Balaban J connectivity index is 2.14. The first-order chi connectivity index (χ1) is 10.3. The highest BCUT2D eigenvalue weighted by molar-refractivity contribution is 7.89. The predicted octanol–water partition coefficient (Wildman–Crippen LogP) is 3.27. The molecule has 9 heteroatoms. The van der Waals surface area contributed by atoms with Gasteiger partial charge in [-0.3, -0.25) is 10.2 Å². The van der Waals surface area contributed by atoms with E-state index < -0.39 is 15.9 Å². The predicted molar refractivity (Wildman–Crippen MR) is 85.7 cm³/mol. The first-order valence-corrected chi connectivity index (χ1v) is 8.45. The van der Waals surface area contributed by atoms with E-state index in [2.05, 4.69) is 5.43 Å². The van der Waals surface area contributed by atoms with Gasteiger partial charge in [-0.2, -0.15) is 0 Å². The number of carbonyl (C=O) groups is 1. The van der Waals surface area contributed by atoms with E-state index in [-0.39, 0.29) is 25.5 Å². The Kier molecular flexibility index (Phi) is 5.31. The van der Waals surface area contributed by atoms with Crippen LogP contribution >= 0.6 is 34.8 Å². The summed E-state index contributed by atoms with van der Waals surface area (Å²) in [6.07, 6.45) is 0. The fourth-order valence-electron chi connectivity index (χ4n) is 1.53. The lowest BCUT2D eigenvalue weighted by molar-refractivity contribution is 0.0945. The van der Waals surface area contributed by atoms with Gasteiger partial charge < -0.3 is 0 Å². The molecule has 0 aliphatic heterocycles. The molecule has 1 amide bonds. The molecule has 0 spiro atoms. The van der Waals surface area contributed by atoms with Crippen molar-refractivity contribution in [3.05, 3.63) is 63.1 Å². The Morgan fingerprint density at radius 2 is 1.59 bits per heavy atom. The first kappa shape index (κ1) is 17.1. The van der Waals surface area contributed by atoms with Crippen LogP contribution in [0.25, 0.3) is 0 Å². The molecule has 0 heterocycles. The van der Waals surface area contributed by atoms with Gasteiger partial charge in [0.2, 0.25) is 0 Å². The lowest BCUT2D eigenvalue weighted by Gasteiger charge is -2.09. The average Bonchev–Trinajstić information content (AvgIpc) is 2.48. The van der Waals surface area contributed by atoms with Crippen molar-refractivity contribution >= 4 is 50.7 Å². The summed E-state index contributed by atoms with van der Waals surface area (Å²) < 4.78 is 24.1. The third kappa shape index (κ3) is 3.91. The van der Waals surface area contributed by atoms with E-state index in [0.29, 0.717) is 0 Å². The molecule has 0 aliphatic carbocycles. The summed E-state index contributed by atoms with van der Waals surface area (Å²) in [5.41, 5.74) is 2.22. The normalized spacial score (nSPS) is 11.2. The molecule has 2 N–H and O–H groups in total. The zero-order valence-corrected chi connectivity index (χ0v) is 13.9. The number of sulfonamides is 1. The third-order valence-electron chi connectivity index (χ3n) is 2.62. The monoisotopic (exact) mass is 378 g/mol. The summed E-state index contributed by atoms with van der Waals surface area (Å²) in [4.78, 5) is 13.7. The largest absolute Gasteiger partial charge is 0.273 e. The van der Waals surface area contributed by atoms with E-state index >= 15 is 0 Å². The van der Waals surface area contributed by atoms with E-state index in [1.54, 1.807) is 12.1 Å². The van der Waals surface area contributed by atoms with Gasteiger partial charge >= 0.3 is 0 Å². The minimum atomic E-state index is -3.98. The van der Waals surface area contributed by atoms with Crippen LogP contribution in [0.2, 0.25) is 15.1 Å². The summed E-state index contributed by atoms with van der Waals surface area (Å²) in [6.45, 7) is 0. The minimum absolute atomic E-state index is 0.0852. The van der Waals surface area contributed by atoms with Gasteiger partial charge in [0.15, 0.2) is 0 Å². The fourth-order valence-corrected chi connectivity index (χ4v) is 2.98. The van der Waals surface area contributed by atoms with Gasteiger partial charge in [0.25, 0.3) is 15.9 Å². The molecule has 0 unspecified atom stereocenters. The van der Waals surface area contributed by atoms with Gasteiger partial charge in [0.05, 0.1) is 25.5 Å². The SMILES string of the molecule is O=C(NNS(=O)(=O)c1ccc(Cl)c(Cl)c1)c1ccccc1Cl. The molecule has 0 bridgehead atoms. The first-order valence-electron chi connectivity index (χ1n) is 5.83. The van der Waals surface area contributed by atoms with Crippen LogP contribution < -0.4 is 10.3 Å². The highest BCUT2D eigenvalue weighted by Gasteiger charge is 2.17. The summed E-state index contributed by atoms with van der Waals surface area (Å²) >= 11 is 17.3. The Morgan fingerprint density at radius 1 is 0.909 bits per heavy atom. The van der Waals surface area contributed by atoms with E-state index in [9.17, 15) is 13.2 Å². The number of benzene rings is 2. The van der Waals surface area contributed by atoms with Crippen LogP contribution in [0.3, 0.4) is 0 Å². The molecule has 2 rings (SSSR count). The molecule has 5 nitrogen and oxygen atoms in total. The van der Waals surface area contributed by atoms with E-state index in [1.165, 1.54) is 30.3 Å². The molecule has 0 aromatic heterocycles. The molecule has 2 aromatic carbocycles. The molecule has 116 valence electrons. The molecule has 0 fully saturated rings. The smallest absolute Gasteiger partial charge is 0.267 e. The van der Waals surface area contributed by atoms with E-state index in [1.807, 2.05) is 4.83 Å². The zero-order valence-electron chi connectivity index (χ0n) is 10.8. The Labute approximate surface area is 142 Å². The van der Waals surface area contributed by atoms with Crippen molar-refractivity contribution in [1.29, 1.82) is 0 Å². The number of hydrogen-bond acceptors (Lipinski definition) is 3. The van der Waals surface area contributed by atoms with Crippen molar-refractivity contribution in [2.45, 2.75) is 4.90 Å². The second-order valence-corrected chi connectivity index (χ2v) is 7.02. The van der Waals surface area contributed by atoms with Gasteiger partial charge in [-0.15, -0.1) is 4.83 Å². The molecule has 0 aliphatic rings. The lowest BCUT2D eigenvalue weighted by Crippen LogP contribution is -2.41. The topological polar surface area (TPSA) is 75.3 Å². The number of hydrogen-bond donors (Lipinski definition) is 2. The minimum Gasteiger partial charge on any atom is -0.273 e. The van der Waals surface area contributed by atoms with Crippen molar-refractivity contribution < 1.29 is 13.2 Å². The Morgan fingerprint density at radius 3 is 2.23 bits per heavy atom. The molecule has 22 heavy (non-hydrogen) atoms. The van der Waals surface area contributed by atoms with Gasteiger partial charge in [0, 0.05) is 0 Å². The van der Waals surface area contributed by atoms with Crippen LogP contribution in [0.4, 0.5) is 0 Å². The lowest BCUT2D eigenvalue weighted by atomic mass is 10.2. The molecule has 0 radical (unpaired) electrons. The quantitative estimate of drug-likeness (QED) is 0.801. The molecule has 0 saturated heterocycles. The number of hydrazine groups is 1. The number of amides is 1. The van der Waals surface area contributed by atoms with Crippen LogP contribution in [-0.2, 0) is 10.0 Å². The zero-order chi connectivity index (χ0) is 16.3. The van der Waals surface area contributed by atoms with Crippen molar-refractivity contribution in [1.82, 2.24) is 10.3 Å². The second kappa shape index (κ2) is 6.85. The summed E-state index contributed by atoms with van der Waals surface area (Å²) in [5, 5.41) is 0.511. The van der Waals surface area contributed by atoms with Gasteiger partial charge in [-0.1, -0.05) is 46.9 Å². The maximum absolute atomic E-state index is 12.1.